The number of piperidine rings is 1. The van der Waals surface area contributed by atoms with Gasteiger partial charge in [0.2, 0.25) is 11.8 Å². The van der Waals surface area contributed by atoms with E-state index in [-0.39, 0.29) is 17.9 Å². The zero-order valence-corrected chi connectivity index (χ0v) is 11.9. The summed E-state index contributed by atoms with van der Waals surface area (Å²) in [6, 6.07) is 0.189. The van der Waals surface area contributed by atoms with Gasteiger partial charge < -0.3 is 15.1 Å². The van der Waals surface area contributed by atoms with E-state index in [2.05, 4.69) is 5.32 Å². The number of nitrogens with zero attached hydrogens (tertiary/aromatic N) is 2. The van der Waals surface area contributed by atoms with Crippen LogP contribution >= 0.6 is 0 Å². The third-order valence-corrected chi connectivity index (χ3v) is 3.65. The number of carbonyl (C=O) groups excluding carboxylic acids is 2. The van der Waals surface area contributed by atoms with Gasteiger partial charge in [-0.3, -0.25) is 9.59 Å². The molecule has 0 aromatic rings. The minimum atomic E-state index is -0.149. The molecule has 0 saturated carbocycles. The van der Waals surface area contributed by atoms with Crippen LogP contribution in [0.25, 0.3) is 0 Å². The van der Waals surface area contributed by atoms with Crippen molar-refractivity contribution in [2.75, 3.05) is 26.7 Å². The number of amides is 2. The van der Waals surface area contributed by atoms with Crippen LogP contribution in [0.5, 0.6) is 0 Å². The lowest BCUT2D eigenvalue weighted by molar-refractivity contribution is -0.133. The monoisotopic (exact) mass is 255 g/mol. The molecular formula is C13H25N3O2. The Morgan fingerprint density at radius 2 is 1.94 bits per heavy atom. The van der Waals surface area contributed by atoms with Gasteiger partial charge in [-0.25, -0.2) is 0 Å². The van der Waals surface area contributed by atoms with Crippen LogP contribution in [0.4, 0.5) is 0 Å². The summed E-state index contributed by atoms with van der Waals surface area (Å²) in [6.07, 6.45) is 1.85. The molecule has 1 aliphatic heterocycles. The molecule has 1 fully saturated rings. The van der Waals surface area contributed by atoms with E-state index >= 15 is 0 Å². The second-order valence-corrected chi connectivity index (χ2v) is 5.02. The Balaban J connectivity index is 2.36. The first-order valence-electron chi connectivity index (χ1n) is 6.72. The molecule has 1 unspecified atom stereocenters. The second kappa shape index (κ2) is 6.73. The van der Waals surface area contributed by atoms with Crippen LogP contribution in [-0.4, -0.2) is 60.4 Å². The summed E-state index contributed by atoms with van der Waals surface area (Å²) in [5, 5.41) is 3.36. The van der Waals surface area contributed by atoms with Crippen LogP contribution in [0, 0.1) is 0 Å². The summed E-state index contributed by atoms with van der Waals surface area (Å²) in [7, 11) is 1.82. The van der Waals surface area contributed by atoms with Gasteiger partial charge >= 0.3 is 0 Å². The van der Waals surface area contributed by atoms with Gasteiger partial charge in [-0.1, -0.05) is 0 Å². The fourth-order valence-electron chi connectivity index (χ4n) is 2.27. The SMILES string of the molecule is CCN(C)C(=O)C(C)NC1CCN(C(C)=O)CC1. The smallest absolute Gasteiger partial charge is 0.239 e. The Bertz CT molecular complexity index is 299. The molecule has 5 nitrogen and oxygen atoms in total. The standard InChI is InChI=1S/C13H25N3O2/c1-5-15(4)13(18)10(2)14-12-6-8-16(9-7-12)11(3)17/h10,12,14H,5-9H2,1-4H3. The van der Waals surface area contributed by atoms with Crippen LogP contribution in [-0.2, 0) is 9.59 Å². The summed E-state index contributed by atoms with van der Waals surface area (Å²) in [5.41, 5.74) is 0. The van der Waals surface area contributed by atoms with Crippen molar-refractivity contribution in [2.45, 2.75) is 45.7 Å². The second-order valence-electron chi connectivity index (χ2n) is 5.02. The lowest BCUT2D eigenvalue weighted by Crippen LogP contribution is -2.51. The van der Waals surface area contributed by atoms with Gasteiger partial charge in [-0.2, -0.15) is 0 Å². The molecule has 1 atom stereocenters. The van der Waals surface area contributed by atoms with E-state index in [1.54, 1.807) is 11.8 Å². The van der Waals surface area contributed by atoms with Crippen molar-refractivity contribution in [1.29, 1.82) is 0 Å². The van der Waals surface area contributed by atoms with Crippen molar-refractivity contribution in [2.24, 2.45) is 0 Å². The highest BCUT2D eigenvalue weighted by Gasteiger charge is 2.24. The molecule has 0 bridgehead atoms. The van der Waals surface area contributed by atoms with E-state index in [0.29, 0.717) is 6.04 Å². The quantitative estimate of drug-likeness (QED) is 0.794. The van der Waals surface area contributed by atoms with Gasteiger partial charge in [0.05, 0.1) is 6.04 Å². The van der Waals surface area contributed by atoms with E-state index in [1.807, 2.05) is 25.8 Å². The summed E-state index contributed by atoms with van der Waals surface area (Å²) in [5.74, 6) is 0.273. The Morgan fingerprint density at radius 1 is 1.39 bits per heavy atom. The number of hydrogen-bond acceptors (Lipinski definition) is 3. The van der Waals surface area contributed by atoms with Gasteiger partial charge in [0.1, 0.15) is 0 Å². The van der Waals surface area contributed by atoms with Crippen molar-refractivity contribution < 1.29 is 9.59 Å². The van der Waals surface area contributed by atoms with Crippen LogP contribution in [0.15, 0.2) is 0 Å². The first kappa shape index (κ1) is 15.0. The number of hydrogen-bond donors (Lipinski definition) is 1. The lowest BCUT2D eigenvalue weighted by Gasteiger charge is -2.33. The molecular weight excluding hydrogens is 230 g/mol. The molecule has 18 heavy (non-hydrogen) atoms. The van der Waals surface area contributed by atoms with Crippen molar-refractivity contribution in [1.82, 2.24) is 15.1 Å². The third kappa shape index (κ3) is 3.98. The molecule has 1 rings (SSSR count). The third-order valence-electron chi connectivity index (χ3n) is 3.65. The Kier molecular flexibility index (Phi) is 5.59. The number of carbonyl (C=O) groups is 2. The largest absolute Gasteiger partial charge is 0.345 e. The van der Waals surface area contributed by atoms with Crippen LogP contribution in [0.2, 0.25) is 0 Å². The molecule has 1 N–H and O–H groups in total. The van der Waals surface area contributed by atoms with E-state index in [0.717, 1.165) is 32.5 Å². The molecule has 0 radical (unpaired) electrons. The van der Waals surface area contributed by atoms with Crippen molar-refractivity contribution in [3.63, 3.8) is 0 Å². The topological polar surface area (TPSA) is 52.7 Å². The molecule has 0 spiro atoms. The average Bonchev–Trinajstić information content (AvgIpc) is 2.37. The summed E-state index contributed by atoms with van der Waals surface area (Å²) in [6.45, 7) is 7.79. The molecule has 0 aromatic heterocycles. The number of rotatable bonds is 4. The van der Waals surface area contributed by atoms with E-state index in [9.17, 15) is 9.59 Å². The minimum absolute atomic E-state index is 0.131. The Hall–Kier alpha value is -1.10. The molecule has 0 aromatic carbocycles. The van der Waals surface area contributed by atoms with Gasteiger partial charge in [0.25, 0.3) is 0 Å². The first-order valence-corrected chi connectivity index (χ1v) is 6.72. The van der Waals surface area contributed by atoms with Crippen LogP contribution in [0.3, 0.4) is 0 Å². The van der Waals surface area contributed by atoms with Crippen LogP contribution < -0.4 is 5.32 Å². The van der Waals surface area contributed by atoms with E-state index in [4.69, 9.17) is 0 Å². The molecule has 5 heteroatoms. The van der Waals surface area contributed by atoms with Crippen molar-refractivity contribution in [3.05, 3.63) is 0 Å². The zero-order valence-electron chi connectivity index (χ0n) is 11.9. The summed E-state index contributed by atoms with van der Waals surface area (Å²) >= 11 is 0. The van der Waals surface area contributed by atoms with Crippen molar-refractivity contribution in [3.8, 4) is 0 Å². The fourth-order valence-corrected chi connectivity index (χ4v) is 2.27. The van der Waals surface area contributed by atoms with E-state index < -0.39 is 0 Å². The normalized spacial score (nSPS) is 18.6. The highest BCUT2D eigenvalue weighted by molar-refractivity contribution is 5.81. The van der Waals surface area contributed by atoms with Gasteiger partial charge in [-0.15, -0.1) is 0 Å². The van der Waals surface area contributed by atoms with E-state index in [1.165, 1.54) is 0 Å². The Morgan fingerprint density at radius 3 is 2.39 bits per heavy atom. The highest BCUT2D eigenvalue weighted by atomic mass is 16.2. The summed E-state index contributed by atoms with van der Waals surface area (Å²) in [4.78, 5) is 26.7. The predicted octanol–water partition coefficient (Wildman–Crippen LogP) is 0.454. The predicted molar refractivity (Wildman–Crippen MR) is 71.2 cm³/mol. The molecule has 104 valence electrons. The van der Waals surface area contributed by atoms with Gasteiger partial charge in [-0.05, 0) is 26.7 Å². The molecule has 1 aliphatic rings. The maximum absolute atomic E-state index is 11.9. The molecule has 1 saturated heterocycles. The van der Waals surface area contributed by atoms with Gasteiger partial charge in [0.15, 0.2) is 0 Å². The number of likely N-dealkylation sites (N-methyl/N-ethyl adjacent to an activating group) is 1. The minimum Gasteiger partial charge on any atom is -0.345 e. The first-order chi connectivity index (χ1) is 8.45. The molecule has 0 aliphatic carbocycles. The van der Waals surface area contributed by atoms with Gasteiger partial charge in [0, 0.05) is 39.6 Å². The lowest BCUT2D eigenvalue weighted by atomic mass is 10.0. The van der Waals surface area contributed by atoms with Crippen LogP contribution in [0.1, 0.15) is 33.6 Å². The molecule has 1 heterocycles. The number of likely N-dealkylation sites (tertiary alicyclic amines) is 1. The maximum Gasteiger partial charge on any atom is 0.239 e. The molecule has 2 amide bonds. The zero-order chi connectivity index (χ0) is 13.7. The number of nitrogens with one attached hydrogen (secondary N) is 1. The maximum atomic E-state index is 11.9. The highest BCUT2D eigenvalue weighted by Crippen LogP contribution is 2.11. The summed E-state index contributed by atoms with van der Waals surface area (Å²) < 4.78 is 0. The Labute approximate surface area is 110 Å². The average molecular weight is 255 g/mol. The van der Waals surface area contributed by atoms with Crippen molar-refractivity contribution >= 4 is 11.8 Å². The fraction of sp³-hybridized carbons (Fsp3) is 0.846.